The summed E-state index contributed by atoms with van der Waals surface area (Å²) in [5.41, 5.74) is -2.29. The molecular formula is C25H28F2N6O5S. The Morgan fingerprint density at radius 1 is 1.21 bits per heavy atom. The first-order valence-corrected chi connectivity index (χ1v) is 12.9. The molecule has 2 aromatic rings. The van der Waals surface area contributed by atoms with Crippen LogP contribution >= 0.6 is 11.8 Å². The number of thioether (sulfide) groups is 1. The first-order valence-electron chi connectivity index (χ1n) is 12.1. The van der Waals surface area contributed by atoms with Crippen molar-refractivity contribution in [2.24, 2.45) is 0 Å². The van der Waals surface area contributed by atoms with Gasteiger partial charge < -0.3 is 19.6 Å². The highest BCUT2D eigenvalue weighted by molar-refractivity contribution is 8.26. The molecule has 0 saturated carbocycles. The van der Waals surface area contributed by atoms with E-state index >= 15 is 0 Å². The summed E-state index contributed by atoms with van der Waals surface area (Å²) in [5, 5.41) is 28.6. The number of benzene rings is 1. The molecule has 0 bridgehead atoms. The standard InChI is InChI=1S/C25H28F2N6O5S/c1-4-32-23(36)19-21(35)20(34)16(22(29)39-18(28)11-14-5-6-15(26)12-17(14)27)13-33(19)30(2)25(32)7-9-31(10-8-25)24(37)38-3/h5-6,12-13,28-29,35H,4,7-11H2,1-3H3. The van der Waals surface area contributed by atoms with E-state index in [2.05, 4.69) is 0 Å². The number of halogens is 2. The second-order valence-corrected chi connectivity index (χ2v) is 10.3. The maximum absolute atomic E-state index is 14.0. The number of aromatic nitrogens is 1. The van der Waals surface area contributed by atoms with Crippen molar-refractivity contribution in [3.05, 3.63) is 63.1 Å². The molecule has 1 aromatic heterocycles. The van der Waals surface area contributed by atoms with Gasteiger partial charge in [0.25, 0.3) is 5.91 Å². The Balaban J connectivity index is 1.66. The van der Waals surface area contributed by atoms with Gasteiger partial charge in [0.15, 0.2) is 11.4 Å². The maximum Gasteiger partial charge on any atom is 0.409 e. The number of nitrogens with one attached hydrogen (secondary N) is 2. The van der Waals surface area contributed by atoms with E-state index in [9.17, 15) is 28.3 Å². The average Bonchev–Trinajstić information content (AvgIpc) is 2.90. The number of rotatable bonds is 4. The Bertz CT molecular complexity index is 1420. The number of piperidine rings is 1. The molecule has 0 radical (unpaired) electrons. The molecule has 4 rings (SSSR count). The van der Waals surface area contributed by atoms with Crippen molar-refractivity contribution in [2.45, 2.75) is 31.8 Å². The second-order valence-electron chi connectivity index (χ2n) is 9.19. The lowest BCUT2D eigenvalue weighted by Gasteiger charge is -2.56. The third kappa shape index (κ3) is 4.84. The fourth-order valence-electron chi connectivity index (χ4n) is 5.14. The van der Waals surface area contributed by atoms with Crippen molar-refractivity contribution in [3.8, 4) is 5.75 Å². The number of hydrogen-bond donors (Lipinski definition) is 3. The third-order valence-corrected chi connectivity index (χ3v) is 8.00. The molecule has 0 unspecified atom stereocenters. The Hall–Kier alpha value is -3.94. The number of aromatic hydroxyl groups is 1. The van der Waals surface area contributed by atoms with Gasteiger partial charge in [0.1, 0.15) is 22.3 Å². The van der Waals surface area contributed by atoms with Crippen LogP contribution in [0, 0.1) is 22.5 Å². The van der Waals surface area contributed by atoms with E-state index in [0.29, 0.717) is 43.8 Å². The predicted molar refractivity (Wildman–Crippen MR) is 141 cm³/mol. The van der Waals surface area contributed by atoms with E-state index in [1.165, 1.54) is 28.9 Å². The van der Waals surface area contributed by atoms with E-state index in [1.54, 1.807) is 23.9 Å². The molecule has 3 N–H and O–H groups in total. The molecule has 39 heavy (non-hydrogen) atoms. The summed E-state index contributed by atoms with van der Waals surface area (Å²) in [5.74, 6) is -2.98. The van der Waals surface area contributed by atoms with Crippen LogP contribution in [0.1, 0.15) is 41.4 Å². The summed E-state index contributed by atoms with van der Waals surface area (Å²) < 4.78 is 33.4. The minimum Gasteiger partial charge on any atom is -0.502 e. The fourth-order valence-corrected chi connectivity index (χ4v) is 5.87. The van der Waals surface area contributed by atoms with Gasteiger partial charge in [-0.1, -0.05) is 17.8 Å². The van der Waals surface area contributed by atoms with Crippen LogP contribution in [0.2, 0.25) is 0 Å². The summed E-state index contributed by atoms with van der Waals surface area (Å²) in [4.78, 5) is 41.7. The first kappa shape index (κ1) is 28.1. The van der Waals surface area contributed by atoms with Crippen molar-refractivity contribution in [1.29, 1.82) is 10.8 Å². The number of likely N-dealkylation sites (tertiary alicyclic amines) is 1. The van der Waals surface area contributed by atoms with Gasteiger partial charge >= 0.3 is 6.09 Å². The van der Waals surface area contributed by atoms with Crippen LogP contribution < -0.4 is 10.4 Å². The molecule has 0 aliphatic carbocycles. The van der Waals surface area contributed by atoms with Gasteiger partial charge in [0.2, 0.25) is 5.43 Å². The van der Waals surface area contributed by atoms with Crippen LogP contribution in [0.4, 0.5) is 13.6 Å². The van der Waals surface area contributed by atoms with Gasteiger partial charge in [0, 0.05) is 58.2 Å². The Labute approximate surface area is 226 Å². The quantitative estimate of drug-likeness (QED) is 0.384. The molecule has 208 valence electrons. The number of ether oxygens (including phenoxy) is 1. The van der Waals surface area contributed by atoms with Crippen LogP contribution in [-0.2, 0) is 11.2 Å². The molecule has 1 saturated heterocycles. The third-order valence-electron chi connectivity index (χ3n) is 7.19. The molecule has 3 heterocycles. The number of nitrogens with zero attached hydrogens (tertiary/aromatic N) is 4. The van der Waals surface area contributed by atoms with E-state index in [-0.39, 0.29) is 39.9 Å². The van der Waals surface area contributed by atoms with Crippen molar-refractivity contribution in [3.63, 3.8) is 0 Å². The topological polar surface area (TPSA) is 143 Å². The smallest absolute Gasteiger partial charge is 0.409 e. The lowest BCUT2D eigenvalue weighted by atomic mass is 9.92. The van der Waals surface area contributed by atoms with E-state index < -0.39 is 40.5 Å². The highest BCUT2D eigenvalue weighted by Crippen LogP contribution is 2.37. The van der Waals surface area contributed by atoms with E-state index in [4.69, 9.17) is 15.6 Å². The zero-order valence-electron chi connectivity index (χ0n) is 21.6. The number of fused-ring (bicyclic) bond motifs is 1. The summed E-state index contributed by atoms with van der Waals surface area (Å²) in [6.07, 6.45) is 1.29. The van der Waals surface area contributed by atoms with Gasteiger partial charge in [-0.3, -0.25) is 30.1 Å². The number of carbonyl (C=O) groups is 2. The highest BCUT2D eigenvalue weighted by Gasteiger charge is 2.51. The number of carbonyl (C=O) groups excluding carboxylic acids is 2. The largest absolute Gasteiger partial charge is 0.502 e. The minimum atomic E-state index is -0.950. The van der Waals surface area contributed by atoms with E-state index in [1.807, 2.05) is 0 Å². The summed E-state index contributed by atoms with van der Waals surface area (Å²) in [6, 6.07) is 2.96. The van der Waals surface area contributed by atoms with Crippen LogP contribution in [0.3, 0.4) is 0 Å². The lowest BCUT2D eigenvalue weighted by molar-refractivity contribution is 0.000585. The van der Waals surface area contributed by atoms with Crippen molar-refractivity contribution in [1.82, 2.24) is 14.5 Å². The molecule has 2 aliphatic heterocycles. The average molecular weight is 563 g/mol. The zero-order chi connectivity index (χ0) is 28.6. The Kier molecular flexibility index (Phi) is 7.68. The van der Waals surface area contributed by atoms with E-state index in [0.717, 1.165) is 6.07 Å². The number of amides is 2. The monoisotopic (exact) mass is 562 g/mol. The van der Waals surface area contributed by atoms with Crippen LogP contribution in [0.15, 0.2) is 29.2 Å². The lowest BCUT2D eigenvalue weighted by Crippen LogP contribution is -2.72. The minimum absolute atomic E-state index is 0.0527. The molecule has 1 fully saturated rings. The molecule has 2 amide bonds. The highest BCUT2D eigenvalue weighted by atomic mass is 32.2. The summed E-state index contributed by atoms with van der Waals surface area (Å²) in [6.45, 7) is 2.66. The second kappa shape index (κ2) is 10.7. The molecule has 1 spiro atoms. The van der Waals surface area contributed by atoms with Crippen molar-refractivity contribution < 1.29 is 28.2 Å². The molecule has 11 nitrogen and oxygen atoms in total. The number of pyridine rings is 1. The number of hydrogen-bond acceptors (Lipinski definition) is 9. The molecule has 0 atom stereocenters. The van der Waals surface area contributed by atoms with Crippen LogP contribution in [0.5, 0.6) is 5.75 Å². The Morgan fingerprint density at radius 3 is 2.46 bits per heavy atom. The van der Waals surface area contributed by atoms with Crippen molar-refractivity contribution >= 4 is 33.8 Å². The van der Waals surface area contributed by atoms with Gasteiger partial charge in [-0.05, 0) is 18.6 Å². The van der Waals surface area contributed by atoms with Crippen molar-refractivity contribution in [2.75, 3.05) is 38.8 Å². The fraction of sp³-hybridized carbons (Fsp3) is 0.400. The molecule has 1 aromatic carbocycles. The first-order chi connectivity index (χ1) is 18.4. The SMILES string of the molecule is CCN1C(=O)c2c(O)c(=O)c(C(=N)SC(=N)Cc3ccc(F)cc3F)cn2N(C)C12CCN(C(=O)OC)CC2. The van der Waals surface area contributed by atoms with Crippen LogP contribution in [0.25, 0.3) is 0 Å². The normalized spacial score (nSPS) is 16.3. The molecule has 14 heteroatoms. The number of methoxy groups -OCH3 is 1. The predicted octanol–water partition coefficient (Wildman–Crippen LogP) is 2.71. The summed E-state index contributed by atoms with van der Waals surface area (Å²) >= 11 is 0.584. The van der Waals surface area contributed by atoms with Gasteiger partial charge in [-0.2, -0.15) is 0 Å². The maximum atomic E-state index is 14.0. The zero-order valence-corrected chi connectivity index (χ0v) is 22.4. The molecule has 2 aliphatic rings. The van der Waals surface area contributed by atoms with Crippen LogP contribution in [-0.4, -0.2) is 81.1 Å². The summed E-state index contributed by atoms with van der Waals surface area (Å²) in [7, 11) is 2.98. The molecular weight excluding hydrogens is 534 g/mol. The van der Waals surface area contributed by atoms with Gasteiger partial charge in [-0.15, -0.1) is 0 Å². The van der Waals surface area contributed by atoms with Gasteiger partial charge in [-0.25, -0.2) is 13.6 Å². The van der Waals surface area contributed by atoms with Gasteiger partial charge in [0.05, 0.1) is 17.7 Å². The Morgan fingerprint density at radius 2 is 1.87 bits per heavy atom.